The van der Waals surface area contributed by atoms with E-state index in [0.29, 0.717) is 16.9 Å². The zero-order valence-electron chi connectivity index (χ0n) is 13.4. The van der Waals surface area contributed by atoms with Crippen LogP contribution in [0, 0.1) is 10.1 Å². The molecular formula is C17H16N4O4. The topological polar surface area (TPSA) is 113 Å². The van der Waals surface area contributed by atoms with E-state index in [0.717, 1.165) is 0 Å². The Labute approximate surface area is 143 Å². The Morgan fingerprint density at radius 3 is 2.28 bits per heavy atom. The van der Waals surface area contributed by atoms with Gasteiger partial charge in [0.1, 0.15) is 0 Å². The molecule has 2 aromatic rings. The molecule has 0 saturated carbocycles. The van der Waals surface area contributed by atoms with Gasteiger partial charge in [0.15, 0.2) is 0 Å². The summed E-state index contributed by atoms with van der Waals surface area (Å²) in [5, 5.41) is 18.3. The van der Waals surface area contributed by atoms with Gasteiger partial charge < -0.3 is 16.0 Å². The third kappa shape index (κ3) is 5.47. The molecule has 3 N–H and O–H groups in total. The number of urea groups is 1. The zero-order valence-corrected chi connectivity index (χ0v) is 13.4. The number of carbonyl (C=O) groups excluding carboxylic acids is 2. The molecule has 0 spiro atoms. The molecule has 3 amide bonds. The molecule has 0 heterocycles. The van der Waals surface area contributed by atoms with Gasteiger partial charge in [-0.05, 0) is 42.0 Å². The molecule has 8 heteroatoms. The molecule has 8 nitrogen and oxygen atoms in total. The fourth-order valence-corrected chi connectivity index (χ4v) is 1.93. The highest BCUT2D eigenvalue weighted by molar-refractivity contribution is 6.02. The third-order valence-electron chi connectivity index (χ3n) is 3.15. The van der Waals surface area contributed by atoms with Crippen molar-refractivity contribution in [3.8, 4) is 0 Å². The summed E-state index contributed by atoms with van der Waals surface area (Å²) in [6.45, 7) is 0. The number of hydrogen-bond acceptors (Lipinski definition) is 4. The number of nitrogens with one attached hydrogen (secondary N) is 3. The van der Waals surface area contributed by atoms with E-state index < -0.39 is 4.92 Å². The van der Waals surface area contributed by atoms with Crippen LogP contribution >= 0.6 is 0 Å². The molecule has 25 heavy (non-hydrogen) atoms. The van der Waals surface area contributed by atoms with E-state index in [2.05, 4.69) is 16.0 Å². The number of hydrogen-bond donors (Lipinski definition) is 3. The maximum atomic E-state index is 11.9. The predicted octanol–water partition coefficient (Wildman–Crippen LogP) is 3.00. The lowest BCUT2D eigenvalue weighted by Crippen LogP contribution is -2.24. The van der Waals surface area contributed by atoms with Gasteiger partial charge in [-0.2, -0.15) is 0 Å². The summed E-state index contributed by atoms with van der Waals surface area (Å²) in [5.41, 5.74) is 1.71. The van der Waals surface area contributed by atoms with Crippen LogP contribution in [-0.4, -0.2) is 23.9 Å². The first-order valence-electron chi connectivity index (χ1n) is 7.30. The molecule has 2 rings (SSSR count). The smallest absolute Gasteiger partial charge is 0.318 e. The Hall–Kier alpha value is -3.68. The van der Waals surface area contributed by atoms with Crippen LogP contribution in [0.5, 0.6) is 0 Å². The Kier molecular flexibility index (Phi) is 5.83. The van der Waals surface area contributed by atoms with Gasteiger partial charge in [0.05, 0.1) is 4.92 Å². The lowest BCUT2D eigenvalue weighted by molar-refractivity contribution is -0.384. The number of benzene rings is 2. The normalized spacial score (nSPS) is 10.3. The van der Waals surface area contributed by atoms with E-state index in [1.165, 1.54) is 25.3 Å². The van der Waals surface area contributed by atoms with Crippen LogP contribution in [-0.2, 0) is 4.79 Å². The van der Waals surface area contributed by atoms with Gasteiger partial charge in [0.2, 0.25) is 5.91 Å². The number of nitro benzene ring substituents is 1. The molecule has 0 fully saturated rings. The van der Waals surface area contributed by atoms with Crippen molar-refractivity contribution in [1.82, 2.24) is 5.32 Å². The Morgan fingerprint density at radius 1 is 1.04 bits per heavy atom. The Balaban J connectivity index is 1.98. The maximum absolute atomic E-state index is 11.9. The number of nitrogens with zero attached hydrogens (tertiary/aromatic N) is 1. The van der Waals surface area contributed by atoms with Crippen molar-refractivity contribution in [1.29, 1.82) is 0 Å². The first-order chi connectivity index (χ1) is 12.0. The lowest BCUT2D eigenvalue weighted by atomic mass is 10.2. The van der Waals surface area contributed by atoms with Crippen LogP contribution in [0.15, 0.2) is 54.6 Å². The SMILES string of the molecule is CNC(=O)Nc1cccc(NC(=O)/C=C/c2ccc([N+](=O)[O-])cc2)c1. The quantitative estimate of drug-likeness (QED) is 0.441. The van der Waals surface area contributed by atoms with Crippen molar-refractivity contribution in [2.24, 2.45) is 0 Å². The van der Waals surface area contributed by atoms with Crippen LogP contribution in [0.1, 0.15) is 5.56 Å². The average molecular weight is 340 g/mol. The van der Waals surface area contributed by atoms with Crippen LogP contribution < -0.4 is 16.0 Å². The third-order valence-corrected chi connectivity index (χ3v) is 3.15. The number of amides is 3. The minimum Gasteiger partial charge on any atom is -0.341 e. The number of nitro groups is 1. The molecule has 0 aromatic heterocycles. The second-order valence-corrected chi connectivity index (χ2v) is 4.96. The van der Waals surface area contributed by atoms with Gasteiger partial charge >= 0.3 is 6.03 Å². The largest absolute Gasteiger partial charge is 0.341 e. The van der Waals surface area contributed by atoms with Crippen molar-refractivity contribution < 1.29 is 14.5 Å². The maximum Gasteiger partial charge on any atom is 0.318 e. The van der Waals surface area contributed by atoms with Crippen molar-refractivity contribution >= 4 is 35.1 Å². The molecule has 0 unspecified atom stereocenters. The molecule has 0 aliphatic rings. The van der Waals surface area contributed by atoms with Crippen LogP contribution in [0.4, 0.5) is 21.9 Å². The molecule has 0 saturated heterocycles. The van der Waals surface area contributed by atoms with E-state index >= 15 is 0 Å². The summed E-state index contributed by atoms with van der Waals surface area (Å²) in [6, 6.07) is 12.2. The van der Waals surface area contributed by atoms with E-state index in [9.17, 15) is 19.7 Å². The lowest BCUT2D eigenvalue weighted by Gasteiger charge is -2.07. The molecule has 128 valence electrons. The number of carbonyl (C=O) groups is 2. The number of non-ortho nitro benzene ring substituents is 1. The Morgan fingerprint density at radius 2 is 1.68 bits per heavy atom. The van der Waals surface area contributed by atoms with E-state index in [-0.39, 0.29) is 17.6 Å². The van der Waals surface area contributed by atoms with Gasteiger partial charge in [-0.3, -0.25) is 14.9 Å². The highest BCUT2D eigenvalue weighted by Crippen LogP contribution is 2.16. The van der Waals surface area contributed by atoms with E-state index in [1.807, 2.05) is 0 Å². The zero-order chi connectivity index (χ0) is 18.2. The standard InChI is InChI=1S/C17H16N4O4/c1-18-17(23)20-14-4-2-3-13(11-14)19-16(22)10-7-12-5-8-15(9-6-12)21(24)25/h2-11H,1H3,(H,19,22)(H2,18,20,23)/b10-7+. The van der Waals surface area contributed by atoms with Crippen molar-refractivity contribution in [3.63, 3.8) is 0 Å². The van der Waals surface area contributed by atoms with E-state index in [4.69, 9.17) is 0 Å². The number of rotatable bonds is 5. The minimum absolute atomic E-state index is 0.0120. The van der Waals surface area contributed by atoms with Gasteiger partial charge in [-0.15, -0.1) is 0 Å². The fourth-order valence-electron chi connectivity index (χ4n) is 1.93. The summed E-state index contributed by atoms with van der Waals surface area (Å²) in [4.78, 5) is 33.3. The average Bonchev–Trinajstić information content (AvgIpc) is 2.60. The Bertz CT molecular complexity index is 816. The van der Waals surface area contributed by atoms with E-state index in [1.54, 1.807) is 42.5 Å². The summed E-state index contributed by atoms with van der Waals surface area (Å²) >= 11 is 0. The summed E-state index contributed by atoms with van der Waals surface area (Å²) in [5.74, 6) is -0.365. The molecule has 0 atom stereocenters. The summed E-state index contributed by atoms with van der Waals surface area (Å²) in [6.07, 6.45) is 2.87. The highest BCUT2D eigenvalue weighted by atomic mass is 16.6. The summed E-state index contributed by atoms with van der Waals surface area (Å²) in [7, 11) is 1.50. The van der Waals surface area contributed by atoms with Gasteiger partial charge in [-0.1, -0.05) is 6.07 Å². The van der Waals surface area contributed by atoms with Crippen LogP contribution in [0.25, 0.3) is 6.08 Å². The second kappa shape index (κ2) is 8.25. The van der Waals surface area contributed by atoms with Gasteiger partial charge in [-0.25, -0.2) is 4.79 Å². The van der Waals surface area contributed by atoms with Crippen LogP contribution in [0.2, 0.25) is 0 Å². The first kappa shape index (κ1) is 17.7. The highest BCUT2D eigenvalue weighted by Gasteiger charge is 2.04. The van der Waals surface area contributed by atoms with Crippen LogP contribution in [0.3, 0.4) is 0 Å². The fraction of sp³-hybridized carbons (Fsp3) is 0.0588. The molecule has 0 aliphatic carbocycles. The predicted molar refractivity (Wildman–Crippen MR) is 95.3 cm³/mol. The first-order valence-corrected chi connectivity index (χ1v) is 7.30. The van der Waals surface area contributed by atoms with Crippen molar-refractivity contribution in [2.45, 2.75) is 0 Å². The van der Waals surface area contributed by atoms with Crippen molar-refractivity contribution in [3.05, 3.63) is 70.3 Å². The molecular weight excluding hydrogens is 324 g/mol. The number of anilines is 2. The van der Waals surface area contributed by atoms with Gasteiger partial charge in [0, 0.05) is 36.6 Å². The monoisotopic (exact) mass is 340 g/mol. The molecule has 2 aromatic carbocycles. The summed E-state index contributed by atoms with van der Waals surface area (Å²) < 4.78 is 0. The van der Waals surface area contributed by atoms with Gasteiger partial charge in [0.25, 0.3) is 5.69 Å². The molecule has 0 aliphatic heterocycles. The van der Waals surface area contributed by atoms with Crippen molar-refractivity contribution in [2.75, 3.05) is 17.7 Å². The molecule has 0 radical (unpaired) electrons. The molecule has 0 bridgehead atoms. The minimum atomic E-state index is -0.486. The second-order valence-electron chi connectivity index (χ2n) is 4.96.